The molecule has 1 amide bonds. The fraction of sp³-hybridized carbons (Fsp3) is 0.700. The second kappa shape index (κ2) is 7.36. The molecule has 4 heteroatoms. The monoisotopic (exact) mass is 198 g/mol. The molecule has 1 unspecified atom stereocenters. The molecule has 0 aromatic heterocycles. The van der Waals surface area contributed by atoms with Crippen molar-refractivity contribution in [2.24, 2.45) is 0 Å². The van der Waals surface area contributed by atoms with Crippen LogP contribution < -0.4 is 5.32 Å². The number of methoxy groups -OCH3 is 1. The summed E-state index contributed by atoms with van der Waals surface area (Å²) in [6, 6.07) is 0.219. The molecule has 80 valence electrons. The van der Waals surface area contributed by atoms with E-state index in [-0.39, 0.29) is 18.5 Å². The number of hydrogen-bond donors (Lipinski definition) is 1. The van der Waals surface area contributed by atoms with E-state index in [9.17, 15) is 4.79 Å². The smallest absolute Gasteiger partial charge is 0.234 e. The largest absolute Gasteiger partial charge is 0.383 e. The van der Waals surface area contributed by atoms with E-state index in [0.29, 0.717) is 13.2 Å². The second-order valence-electron chi connectivity index (χ2n) is 3.20. The highest BCUT2D eigenvalue weighted by Gasteiger charge is 2.11. The molecule has 0 heterocycles. The van der Waals surface area contributed by atoms with E-state index >= 15 is 0 Å². The van der Waals surface area contributed by atoms with Gasteiger partial charge in [-0.25, -0.2) is 0 Å². The summed E-state index contributed by atoms with van der Waals surface area (Å²) in [5.74, 6) is 2.29. The number of likely N-dealkylation sites (N-methyl/N-ethyl adjacent to an activating group) is 1. The van der Waals surface area contributed by atoms with Crippen molar-refractivity contribution in [3.63, 3.8) is 0 Å². The van der Waals surface area contributed by atoms with Gasteiger partial charge in [0.25, 0.3) is 0 Å². The van der Waals surface area contributed by atoms with Gasteiger partial charge in [-0.3, -0.25) is 9.69 Å². The van der Waals surface area contributed by atoms with E-state index in [1.165, 1.54) is 0 Å². The fourth-order valence-corrected chi connectivity index (χ4v) is 0.956. The first-order chi connectivity index (χ1) is 6.61. The molecule has 1 atom stereocenters. The maximum absolute atomic E-state index is 11.2. The van der Waals surface area contributed by atoms with Crippen molar-refractivity contribution in [1.82, 2.24) is 10.2 Å². The average molecular weight is 198 g/mol. The van der Waals surface area contributed by atoms with Crippen LogP contribution in [0.4, 0.5) is 0 Å². The van der Waals surface area contributed by atoms with Crippen LogP contribution in [-0.4, -0.2) is 50.7 Å². The highest BCUT2D eigenvalue weighted by atomic mass is 16.5. The minimum absolute atomic E-state index is 0.0617. The van der Waals surface area contributed by atoms with Gasteiger partial charge in [-0.1, -0.05) is 5.92 Å². The molecule has 1 N–H and O–H groups in total. The Morgan fingerprint density at radius 2 is 2.36 bits per heavy atom. The summed E-state index contributed by atoms with van der Waals surface area (Å²) in [6.45, 7) is 3.23. The first kappa shape index (κ1) is 12.9. The third-order valence-electron chi connectivity index (χ3n) is 1.94. The van der Waals surface area contributed by atoms with Gasteiger partial charge in [0.05, 0.1) is 19.7 Å². The Hall–Kier alpha value is -1.05. The normalized spacial score (nSPS) is 12.2. The first-order valence-corrected chi connectivity index (χ1v) is 4.51. The van der Waals surface area contributed by atoms with Gasteiger partial charge in [-0.05, 0) is 14.0 Å². The van der Waals surface area contributed by atoms with E-state index in [1.54, 1.807) is 7.11 Å². The molecule has 0 bridgehead atoms. The van der Waals surface area contributed by atoms with Crippen LogP contribution >= 0.6 is 0 Å². The Kier molecular flexibility index (Phi) is 6.81. The third-order valence-corrected chi connectivity index (χ3v) is 1.94. The molecule has 0 rings (SSSR count). The second-order valence-corrected chi connectivity index (χ2v) is 3.20. The van der Waals surface area contributed by atoms with Gasteiger partial charge in [0.15, 0.2) is 0 Å². The Morgan fingerprint density at radius 1 is 1.71 bits per heavy atom. The zero-order valence-electron chi connectivity index (χ0n) is 9.04. The maximum Gasteiger partial charge on any atom is 0.234 e. The number of carbonyl (C=O) groups excluding carboxylic acids is 1. The highest BCUT2D eigenvalue weighted by molar-refractivity contribution is 5.78. The van der Waals surface area contributed by atoms with Crippen LogP contribution in [0.15, 0.2) is 0 Å². The van der Waals surface area contributed by atoms with Gasteiger partial charge in [0.2, 0.25) is 5.91 Å². The highest BCUT2D eigenvalue weighted by Crippen LogP contribution is 1.94. The molecule has 0 aromatic rings. The molecule has 0 spiro atoms. The number of nitrogens with one attached hydrogen (secondary N) is 1. The predicted octanol–water partition coefficient (Wildman–Crippen LogP) is -0.297. The van der Waals surface area contributed by atoms with Gasteiger partial charge in [-0.15, -0.1) is 6.42 Å². The number of amides is 1. The molecule has 0 fully saturated rings. The van der Waals surface area contributed by atoms with Gasteiger partial charge in [-0.2, -0.15) is 0 Å². The lowest BCUT2D eigenvalue weighted by Gasteiger charge is -2.22. The molecule has 0 saturated carbocycles. The Morgan fingerprint density at radius 3 is 2.86 bits per heavy atom. The quantitative estimate of drug-likeness (QED) is 0.596. The lowest BCUT2D eigenvalue weighted by Crippen LogP contribution is -2.41. The topological polar surface area (TPSA) is 41.6 Å². The Bertz CT molecular complexity index is 211. The molecule has 0 aromatic carbocycles. The molecule has 0 aliphatic carbocycles. The SMILES string of the molecule is C#CCNC(=O)CN(C)C(C)COC. The van der Waals surface area contributed by atoms with Crippen LogP contribution in [0.2, 0.25) is 0 Å². The van der Waals surface area contributed by atoms with Crippen molar-refractivity contribution >= 4 is 5.91 Å². The standard InChI is InChI=1S/C10H18N2O2/c1-5-6-11-10(13)7-12(3)9(2)8-14-4/h1,9H,6-8H2,2-4H3,(H,11,13). The van der Waals surface area contributed by atoms with Crippen LogP contribution in [-0.2, 0) is 9.53 Å². The predicted molar refractivity (Wildman–Crippen MR) is 55.8 cm³/mol. The van der Waals surface area contributed by atoms with Crippen LogP contribution in [0.1, 0.15) is 6.92 Å². The first-order valence-electron chi connectivity index (χ1n) is 4.51. The molecule has 0 radical (unpaired) electrons. The summed E-state index contributed by atoms with van der Waals surface area (Å²) >= 11 is 0. The lowest BCUT2D eigenvalue weighted by atomic mass is 10.3. The van der Waals surface area contributed by atoms with Crippen LogP contribution in [0, 0.1) is 12.3 Å². The Balaban J connectivity index is 3.75. The van der Waals surface area contributed by atoms with Gasteiger partial charge in [0.1, 0.15) is 0 Å². The molecular weight excluding hydrogens is 180 g/mol. The van der Waals surface area contributed by atoms with Gasteiger partial charge < -0.3 is 10.1 Å². The van der Waals surface area contributed by atoms with Crippen molar-refractivity contribution in [2.45, 2.75) is 13.0 Å². The summed E-state index contributed by atoms with van der Waals surface area (Å²) < 4.78 is 4.98. The minimum atomic E-state index is -0.0617. The molecule has 14 heavy (non-hydrogen) atoms. The van der Waals surface area contributed by atoms with Crippen molar-refractivity contribution in [1.29, 1.82) is 0 Å². The third kappa shape index (κ3) is 5.57. The van der Waals surface area contributed by atoms with Gasteiger partial charge in [0, 0.05) is 13.2 Å². The van der Waals surface area contributed by atoms with Crippen molar-refractivity contribution in [2.75, 3.05) is 33.9 Å². The van der Waals surface area contributed by atoms with E-state index in [0.717, 1.165) is 0 Å². The average Bonchev–Trinajstić information content (AvgIpc) is 2.15. The summed E-state index contributed by atoms with van der Waals surface area (Å²) in [5, 5.41) is 2.60. The molecule has 0 aliphatic heterocycles. The van der Waals surface area contributed by atoms with Crippen molar-refractivity contribution in [3.05, 3.63) is 0 Å². The molecule has 0 aliphatic rings. The van der Waals surface area contributed by atoms with E-state index in [2.05, 4.69) is 11.2 Å². The number of terminal acetylenes is 1. The van der Waals surface area contributed by atoms with Crippen molar-refractivity contribution < 1.29 is 9.53 Å². The van der Waals surface area contributed by atoms with E-state index in [4.69, 9.17) is 11.2 Å². The zero-order chi connectivity index (χ0) is 11.0. The fourth-order valence-electron chi connectivity index (χ4n) is 0.956. The Labute approximate surface area is 85.6 Å². The summed E-state index contributed by atoms with van der Waals surface area (Å²) in [4.78, 5) is 13.1. The molecule has 4 nitrogen and oxygen atoms in total. The van der Waals surface area contributed by atoms with E-state index < -0.39 is 0 Å². The molecule has 0 saturated heterocycles. The number of carbonyl (C=O) groups is 1. The maximum atomic E-state index is 11.2. The van der Waals surface area contributed by atoms with E-state index in [1.807, 2.05) is 18.9 Å². The lowest BCUT2D eigenvalue weighted by molar-refractivity contribution is -0.122. The summed E-state index contributed by atoms with van der Waals surface area (Å²) in [7, 11) is 3.52. The van der Waals surface area contributed by atoms with Crippen LogP contribution in [0.25, 0.3) is 0 Å². The number of hydrogen-bond acceptors (Lipinski definition) is 3. The summed E-state index contributed by atoms with van der Waals surface area (Å²) in [5.41, 5.74) is 0. The zero-order valence-corrected chi connectivity index (χ0v) is 9.04. The molecular formula is C10H18N2O2. The summed E-state index contributed by atoms with van der Waals surface area (Å²) in [6.07, 6.45) is 5.02. The minimum Gasteiger partial charge on any atom is -0.383 e. The number of nitrogens with zero attached hydrogens (tertiary/aromatic N) is 1. The number of ether oxygens (including phenoxy) is 1. The van der Waals surface area contributed by atoms with Crippen LogP contribution in [0.3, 0.4) is 0 Å². The van der Waals surface area contributed by atoms with Crippen LogP contribution in [0.5, 0.6) is 0 Å². The van der Waals surface area contributed by atoms with Gasteiger partial charge >= 0.3 is 0 Å². The number of rotatable bonds is 6. The van der Waals surface area contributed by atoms with Crippen molar-refractivity contribution in [3.8, 4) is 12.3 Å².